The van der Waals surface area contributed by atoms with E-state index in [9.17, 15) is 4.79 Å². The molecule has 0 spiro atoms. The molecule has 2 rings (SSSR count). The van der Waals surface area contributed by atoms with E-state index >= 15 is 0 Å². The van der Waals surface area contributed by atoms with E-state index in [-0.39, 0.29) is 0 Å². The molecular weight excluding hydrogens is 296 g/mol. The summed E-state index contributed by atoms with van der Waals surface area (Å²) in [6.07, 6.45) is 0. The Hall–Kier alpha value is -1.72. The van der Waals surface area contributed by atoms with Crippen LogP contribution in [0.2, 0.25) is 5.02 Å². The maximum atomic E-state index is 11.5. The fourth-order valence-electron chi connectivity index (χ4n) is 1.77. The smallest absolute Gasteiger partial charge is 0.350 e. The van der Waals surface area contributed by atoms with E-state index in [1.165, 1.54) is 18.4 Å². The Morgan fingerprint density at radius 2 is 2.05 bits per heavy atom. The first-order valence-electron chi connectivity index (χ1n) is 5.94. The van der Waals surface area contributed by atoms with Gasteiger partial charge in [0.05, 0.1) is 17.8 Å². The number of nitrogens with two attached hydrogens (primary N) is 1. The van der Waals surface area contributed by atoms with E-state index in [0.717, 1.165) is 10.6 Å². The van der Waals surface area contributed by atoms with Crippen LogP contribution in [0.5, 0.6) is 0 Å². The van der Waals surface area contributed by atoms with Crippen LogP contribution < -0.4 is 10.6 Å². The highest BCUT2D eigenvalue weighted by Crippen LogP contribution is 2.32. The lowest BCUT2D eigenvalue weighted by Crippen LogP contribution is -2.14. The van der Waals surface area contributed by atoms with Crippen molar-refractivity contribution in [3.63, 3.8) is 0 Å². The molecule has 2 N–H and O–H groups in total. The molecular formula is C14H15ClN2O2S. The van der Waals surface area contributed by atoms with Gasteiger partial charge in [0.1, 0.15) is 4.88 Å². The summed E-state index contributed by atoms with van der Waals surface area (Å²) >= 11 is 7.18. The second-order valence-electron chi connectivity index (χ2n) is 4.34. The first-order chi connectivity index (χ1) is 9.51. The van der Waals surface area contributed by atoms with Crippen LogP contribution in [0.4, 0.5) is 10.7 Å². The first-order valence-corrected chi connectivity index (χ1v) is 7.14. The van der Waals surface area contributed by atoms with Crippen molar-refractivity contribution < 1.29 is 9.53 Å². The molecule has 1 aromatic heterocycles. The van der Waals surface area contributed by atoms with E-state index in [2.05, 4.69) is 0 Å². The number of nitrogen functional groups attached to an aromatic ring is 1. The molecule has 106 valence electrons. The largest absolute Gasteiger partial charge is 0.465 e. The molecule has 1 heterocycles. The Morgan fingerprint density at radius 3 is 2.65 bits per heavy atom. The number of hydrogen-bond acceptors (Lipinski definition) is 5. The fourth-order valence-corrected chi connectivity index (χ4v) is 2.86. The number of halogens is 1. The number of esters is 1. The highest BCUT2D eigenvalue weighted by atomic mass is 35.5. The van der Waals surface area contributed by atoms with E-state index < -0.39 is 5.97 Å². The average Bonchev–Trinajstić information content (AvgIpc) is 2.82. The van der Waals surface area contributed by atoms with Crippen molar-refractivity contribution in [3.05, 3.63) is 45.8 Å². The van der Waals surface area contributed by atoms with E-state index in [1.54, 1.807) is 6.07 Å². The number of nitrogens with zero attached hydrogens (tertiary/aromatic N) is 1. The van der Waals surface area contributed by atoms with Crippen molar-refractivity contribution in [2.75, 3.05) is 24.8 Å². The van der Waals surface area contributed by atoms with Gasteiger partial charge in [-0.25, -0.2) is 4.79 Å². The zero-order chi connectivity index (χ0) is 14.7. The van der Waals surface area contributed by atoms with Crippen molar-refractivity contribution in [1.82, 2.24) is 0 Å². The molecule has 0 radical (unpaired) electrons. The van der Waals surface area contributed by atoms with Crippen LogP contribution in [-0.4, -0.2) is 20.1 Å². The Bertz CT molecular complexity index is 610. The summed E-state index contributed by atoms with van der Waals surface area (Å²) in [5.74, 6) is -0.404. The predicted octanol–water partition coefficient (Wildman–Crippen LogP) is 3.41. The molecule has 0 aliphatic carbocycles. The molecule has 6 heteroatoms. The predicted molar refractivity (Wildman–Crippen MR) is 83.6 cm³/mol. The number of ether oxygens (including phenoxy) is 1. The van der Waals surface area contributed by atoms with Crippen molar-refractivity contribution in [3.8, 4) is 0 Å². The molecule has 0 aliphatic rings. The minimum atomic E-state index is -0.404. The van der Waals surface area contributed by atoms with Gasteiger partial charge in [0.15, 0.2) is 0 Å². The third-order valence-corrected chi connectivity index (χ3v) is 4.32. The Labute approximate surface area is 126 Å². The zero-order valence-corrected chi connectivity index (χ0v) is 12.8. The van der Waals surface area contributed by atoms with Crippen LogP contribution in [-0.2, 0) is 11.3 Å². The summed E-state index contributed by atoms with van der Waals surface area (Å²) in [6.45, 7) is 0.706. The number of anilines is 2. The number of hydrogen-bond donors (Lipinski definition) is 1. The first kappa shape index (κ1) is 14.7. The number of methoxy groups -OCH3 is 1. The molecule has 0 atom stereocenters. The summed E-state index contributed by atoms with van der Waals surface area (Å²) in [6, 6.07) is 9.43. The molecule has 2 aromatic rings. The standard InChI is InChI=1S/C14H15ClN2O2S/c1-17(8-9-3-5-10(15)6-4-9)12-7-11(16)13(20-12)14(18)19-2/h3-7H,8,16H2,1-2H3. The van der Waals surface area contributed by atoms with E-state index in [1.807, 2.05) is 36.2 Å². The summed E-state index contributed by atoms with van der Waals surface area (Å²) < 4.78 is 4.70. The van der Waals surface area contributed by atoms with Crippen molar-refractivity contribution in [1.29, 1.82) is 0 Å². The lowest BCUT2D eigenvalue weighted by Gasteiger charge is -2.16. The topological polar surface area (TPSA) is 55.6 Å². The molecule has 20 heavy (non-hydrogen) atoms. The van der Waals surface area contributed by atoms with Crippen LogP contribution >= 0.6 is 22.9 Å². The Morgan fingerprint density at radius 1 is 1.40 bits per heavy atom. The number of carbonyl (C=O) groups excluding carboxylic acids is 1. The van der Waals surface area contributed by atoms with Gasteiger partial charge in [-0.1, -0.05) is 23.7 Å². The van der Waals surface area contributed by atoms with Crippen LogP contribution in [0.3, 0.4) is 0 Å². The average molecular weight is 311 g/mol. The van der Waals surface area contributed by atoms with Gasteiger partial charge in [0.25, 0.3) is 0 Å². The normalized spacial score (nSPS) is 10.3. The molecule has 0 aliphatic heterocycles. The molecule has 0 amide bonds. The number of rotatable bonds is 4. The van der Waals surface area contributed by atoms with Crippen LogP contribution in [0.1, 0.15) is 15.2 Å². The summed E-state index contributed by atoms with van der Waals surface area (Å²) in [7, 11) is 3.29. The highest BCUT2D eigenvalue weighted by molar-refractivity contribution is 7.18. The SMILES string of the molecule is COC(=O)c1sc(N(C)Cc2ccc(Cl)cc2)cc1N. The minimum absolute atomic E-state index is 0.404. The monoisotopic (exact) mass is 310 g/mol. The van der Waals surface area contributed by atoms with E-state index in [0.29, 0.717) is 22.1 Å². The molecule has 0 bridgehead atoms. The summed E-state index contributed by atoms with van der Waals surface area (Å²) in [5, 5.41) is 1.63. The number of carbonyl (C=O) groups is 1. The van der Waals surface area contributed by atoms with Gasteiger partial charge in [-0.2, -0.15) is 0 Å². The minimum Gasteiger partial charge on any atom is -0.465 e. The van der Waals surface area contributed by atoms with E-state index in [4.69, 9.17) is 22.1 Å². The maximum Gasteiger partial charge on any atom is 0.350 e. The van der Waals surface area contributed by atoms with Gasteiger partial charge in [-0.15, -0.1) is 11.3 Å². The van der Waals surface area contributed by atoms with Gasteiger partial charge < -0.3 is 15.4 Å². The zero-order valence-electron chi connectivity index (χ0n) is 11.2. The van der Waals surface area contributed by atoms with Gasteiger partial charge in [-0.3, -0.25) is 0 Å². The summed E-state index contributed by atoms with van der Waals surface area (Å²) in [4.78, 5) is 14.0. The molecule has 0 saturated carbocycles. The van der Waals surface area contributed by atoms with Gasteiger partial charge in [-0.05, 0) is 23.8 Å². The molecule has 0 saturated heterocycles. The third kappa shape index (κ3) is 3.23. The second-order valence-corrected chi connectivity index (χ2v) is 5.81. The number of thiophene rings is 1. The fraction of sp³-hybridized carbons (Fsp3) is 0.214. The van der Waals surface area contributed by atoms with Crippen molar-refractivity contribution in [2.24, 2.45) is 0 Å². The molecule has 4 nitrogen and oxygen atoms in total. The van der Waals surface area contributed by atoms with Crippen LogP contribution in [0.15, 0.2) is 30.3 Å². The maximum absolute atomic E-state index is 11.5. The third-order valence-electron chi connectivity index (χ3n) is 2.83. The second kappa shape index (κ2) is 6.15. The Balaban J connectivity index is 2.15. The highest BCUT2D eigenvalue weighted by Gasteiger charge is 2.16. The van der Waals surface area contributed by atoms with Gasteiger partial charge in [0, 0.05) is 18.6 Å². The molecule has 0 unspecified atom stereocenters. The molecule has 0 fully saturated rings. The lowest BCUT2D eigenvalue weighted by molar-refractivity contribution is 0.0607. The van der Waals surface area contributed by atoms with Crippen molar-refractivity contribution >= 4 is 39.6 Å². The van der Waals surface area contributed by atoms with Gasteiger partial charge >= 0.3 is 5.97 Å². The van der Waals surface area contributed by atoms with Crippen LogP contribution in [0.25, 0.3) is 0 Å². The lowest BCUT2D eigenvalue weighted by atomic mass is 10.2. The van der Waals surface area contributed by atoms with Gasteiger partial charge in [0.2, 0.25) is 0 Å². The van der Waals surface area contributed by atoms with Crippen LogP contribution in [0, 0.1) is 0 Å². The summed E-state index contributed by atoms with van der Waals surface area (Å²) in [5.41, 5.74) is 7.41. The quantitative estimate of drug-likeness (QED) is 0.879. The Kier molecular flexibility index (Phi) is 4.52. The molecule has 1 aromatic carbocycles. The number of benzene rings is 1. The van der Waals surface area contributed by atoms with Crippen molar-refractivity contribution in [2.45, 2.75) is 6.54 Å².